The average molecular weight is 1540 g/mol. The van der Waals surface area contributed by atoms with Crippen LogP contribution in [0.1, 0.15) is 153 Å². The highest BCUT2D eigenvalue weighted by Gasteiger charge is 2.59. The Morgan fingerprint density at radius 1 is 0.667 bits per heavy atom. The number of likely N-dealkylation sites (N-methyl/N-ethyl adjacent to an activating group) is 7. The predicted octanol–water partition coefficient (Wildman–Crippen LogP) is 6.45. The summed E-state index contributed by atoms with van der Waals surface area (Å²) < 4.78 is 130. The Hall–Kier alpha value is -8.81. The number of carbonyl (C=O) groups excluding carboxylic acids is 12. The minimum Gasteiger partial charge on any atom is -0.347 e. The van der Waals surface area contributed by atoms with Crippen LogP contribution >= 0.6 is 0 Å². The summed E-state index contributed by atoms with van der Waals surface area (Å²) in [5, 5.41) is 8.06. The molecule has 5 aliphatic rings. The van der Waals surface area contributed by atoms with Crippen molar-refractivity contribution in [3.63, 3.8) is 0 Å². The minimum absolute atomic E-state index is 0.0619. The van der Waals surface area contributed by atoms with Crippen LogP contribution in [0, 0.1) is 28.9 Å². The number of halogens is 9. The zero-order valence-electron chi connectivity index (χ0n) is 63.6. The molecule has 598 valence electrons. The van der Waals surface area contributed by atoms with Crippen LogP contribution in [0.4, 0.5) is 39.5 Å². The number of hydrogen-bond acceptors (Lipinski definition) is 12. The first-order valence-electron chi connectivity index (χ1n) is 36.7. The molecule has 2 aromatic carbocycles. The van der Waals surface area contributed by atoms with Crippen molar-refractivity contribution in [2.24, 2.45) is 17.3 Å². The largest absolute Gasteiger partial charge is 0.422 e. The zero-order valence-corrected chi connectivity index (χ0v) is 63.6. The summed E-state index contributed by atoms with van der Waals surface area (Å²) in [5.74, 6) is -15.9. The lowest BCUT2D eigenvalue weighted by molar-refractivity contribution is -0.161. The van der Waals surface area contributed by atoms with E-state index in [2.05, 4.69) is 16.0 Å². The summed E-state index contributed by atoms with van der Waals surface area (Å²) in [6, 6.07) is -8.01. The van der Waals surface area contributed by atoms with Crippen molar-refractivity contribution in [1.29, 1.82) is 0 Å². The number of benzene rings is 2. The van der Waals surface area contributed by atoms with E-state index >= 15 is 41.9 Å². The van der Waals surface area contributed by atoms with Crippen molar-refractivity contribution in [2.45, 2.75) is 216 Å². The predicted molar refractivity (Wildman–Crippen MR) is 377 cm³/mol. The van der Waals surface area contributed by atoms with E-state index in [9.17, 15) is 55.1 Å². The maximum atomic E-state index is 16.2. The van der Waals surface area contributed by atoms with Crippen LogP contribution in [-0.2, 0) is 82.7 Å². The minimum atomic E-state index is -5.49. The first kappa shape index (κ1) is 86.4. The molecule has 0 radical (unpaired) electrons. The number of amides is 12. The average Bonchev–Trinajstić information content (AvgIpc) is 0.993. The molecule has 0 aromatic heterocycles. The third-order valence-corrected chi connectivity index (χ3v) is 21.8. The van der Waals surface area contributed by atoms with Gasteiger partial charge in [0.1, 0.15) is 77.2 Å². The Labute approximate surface area is 624 Å². The maximum Gasteiger partial charge on any atom is 0.422 e. The normalized spacial score (nSPS) is 26.5. The lowest BCUT2D eigenvalue weighted by atomic mass is 9.58. The maximum absolute atomic E-state index is 16.2. The molecule has 2 bridgehead atoms. The third-order valence-electron chi connectivity index (χ3n) is 21.8. The summed E-state index contributed by atoms with van der Waals surface area (Å²) >= 11 is 0. The molecule has 7 rings (SSSR count). The van der Waals surface area contributed by atoms with Crippen LogP contribution in [0.2, 0.25) is 0 Å². The van der Waals surface area contributed by atoms with Crippen molar-refractivity contribution in [1.82, 2.24) is 60.0 Å². The molecule has 108 heavy (non-hydrogen) atoms. The fraction of sp³-hybridized carbons (Fsp3) is 0.653. The lowest BCUT2D eigenvalue weighted by Crippen LogP contribution is -2.71. The van der Waals surface area contributed by atoms with Crippen LogP contribution in [0.15, 0.2) is 48.6 Å². The molecule has 3 N–H and O–H groups in total. The standard InChI is InChI=1S/C75H103F9N12O12/c1-14-16-24-52-63(100)86-61(43(3)15-2)69(106)90(9)40-59(99)92(11)53-25-18-17-21-32-95(68(53)105)56(35-44-26-29-47(30-27-44)74(79,80)81)67(104)89(8)39-57(97)85-51(31-28-45-33-49(77)60(50(78)34-45)75(82,83)84)65(102)96-38-48(76)36-54(96)64(101)87-73(41-72(4,5)42-73)71(108)94(13)62(46-22-19-20-23-46)70(107)93(12)55(66(103)88(6)7)37-58(98)91(52)10/h17-18,26-27,29-30,33-34,43,46,48,51-56,61-62H,14-16,19-25,28,31-32,35-42H2,1-13H3,(H,85,97)(H,86,100)(H,87,101)/b18-17-/t43-,48+,51-,52-,53-,54-,55-,56-,61-,62-/m0/s1. The van der Waals surface area contributed by atoms with Gasteiger partial charge in [-0.3, -0.25) is 57.5 Å². The van der Waals surface area contributed by atoms with Gasteiger partial charge in [-0.2, -0.15) is 26.3 Å². The molecule has 33 heteroatoms. The number of hydrogen-bond donors (Lipinski definition) is 3. The summed E-state index contributed by atoms with van der Waals surface area (Å²) in [7, 11) is 10.5. The molecule has 2 saturated heterocycles. The van der Waals surface area contributed by atoms with E-state index in [-0.39, 0.29) is 44.2 Å². The highest BCUT2D eigenvalue weighted by molar-refractivity contribution is 6.01. The van der Waals surface area contributed by atoms with Gasteiger partial charge in [0, 0.05) is 75.8 Å². The van der Waals surface area contributed by atoms with Crippen LogP contribution in [-0.4, -0.2) is 258 Å². The second-order valence-corrected chi connectivity index (χ2v) is 30.7. The molecule has 3 aliphatic heterocycles. The van der Waals surface area contributed by atoms with E-state index in [0.29, 0.717) is 57.1 Å². The SMILES string of the molecule is CCCC[C@H]1C(=O)N[C@@H]([C@@H](C)CC)C(=O)N(C)CC(=O)N(C)[C@H]2C/C=C\CCN(C2=O)[C@@H](Cc2ccc(C(F)(F)F)cc2)C(=O)N(C)CC(=O)N[C@@H](CCc2cc(F)c(C(F)(F)F)c(F)c2)C(=O)N2C[C@H](F)C[C@H]2C(=O)NC2(CC(C)(C)C2)C(=O)N(C)[C@@H](C2CCCC2)C(=O)N(C)[C@H](C(=O)N(C)C)CC(=O)N1C. The van der Waals surface area contributed by atoms with Gasteiger partial charge in [0.25, 0.3) is 0 Å². The molecule has 2 aromatic rings. The number of aryl methyl sites for hydroxylation is 1. The summed E-state index contributed by atoms with van der Waals surface area (Å²) in [5.41, 5.74) is -6.20. The van der Waals surface area contributed by atoms with Crippen LogP contribution in [0.25, 0.3) is 0 Å². The molecule has 2 saturated carbocycles. The van der Waals surface area contributed by atoms with Gasteiger partial charge < -0.3 is 60.0 Å². The molecular formula is C75H103F9N12O12. The number of carbonyl (C=O) groups is 12. The number of fused-ring (bicyclic) bond motifs is 3. The van der Waals surface area contributed by atoms with Crippen molar-refractivity contribution in [3.05, 3.63) is 82.4 Å². The Kier molecular flexibility index (Phi) is 28.6. The molecule has 10 atom stereocenters. The molecule has 1 spiro atoms. The summed E-state index contributed by atoms with van der Waals surface area (Å²) in [4.78, 5) is 190. The number of rotatable bonds is 12. The number of nitrogens with zero attached hydrogens (tertiary/aromatic N) is 9. The van der Waals surface area contributed by atoms with Crippen molar-refractivity contribution >= 4 is 70.9 Å². The van der Waals surface area contributed by atoms with Crippen molar-refractivity contribution < 1.29 is 97.0 Å². The Balaban J connectivity index is 1.35. The van der Waals surface area contributed by atoms with E-state index in [1.54, 1.807) is 39.8 Å². The summed E-state index contributed by atoms with van der Waals surface area (Å²) in [6.45, 7) is 6.07. The van der Waals surface area contributed by atoms with Crippen molar-refractivity contribution in [2.75, 3.05) is 82.6 Å². The highest BCUT2D eigenvalue weighted by atomic mass is 19.4. The summed E-state index contributed by atoms with van der Waals surface area (Å²) in [6.07, 6.45) is -9.12. The van der Waals surface area contributed by atoms with Gasteiger partial charge in [0.05, 0.1) is 31.6 Å². The van der Waals surface area contributed by atoms with E-state index in [1.165, 1.54) is 59.1 Å². The first-order valence-corrected chi connectivity index (χ1v) is 36.7. The van der Waals surface area contributed by atoms with Crippen LogP contribution < -0.4 is 16.0 Å². The fourth-order valence-corrected chi connectivity index (χ4v) is 15.6. The Bertz CT molecular complexity index is 3670. The van der Waals surface area contributed by atoms with E-state index in [1.807, 2.05) is 6.92 Å². The van der Waals surface area contributed by atoms with Crippen LogP contribution in [0.3, 0.4) is 0 Å². The number of unbranched alkanes of at least 4 members (excludes halogenated alkanes) is 1. The first-order chi connectivity index (χ1) is 50.4. The number of nitrogens with one attached hydrogen (secondary N) is 3. The second kappa shape index (κ2) is 35.7. The van der Waals surface area contributed by atoms with Gasteiger partial charge in [-0.1, -0.05) is 91.0 Å². The monoisotopic (exact) mass is 1530 g/mol. The molecule has 3 heterocycles. The number of alkyl halides is 7. The quantitative estimate of drug-likeness (QED) is 0.153. The van der Waals surface area contributed by atoms with Crippen molar-refractivity contribution in [3.8, 4) is 0 Å². The van der Waals surface area contributed by atoms with Gasteiger partial charge in [0.2, 0.25) is 70.9 Å². The van der Waals surface area contributed by atoms with Crippen LogP contribution in [0.5, 0.6) is 0 Å². The molecule has 2 aliphatic carbocycles. The van der Waals surface area contributed by atoms with Gasteiger partial charge in [0.15, 0.2) is 0 Å². The molecule has 0 unspecified atom stereocenters. The van der Waals surface area contributed by atoms with E-state index in [0.717, 1.165) is 65.6 Å². The molecule has 12 amide bonds. The Morgan fingerprint density at radius 2 is 1.28 bits per heavy atom. The van der Waals surface area contributed by atoms with Gasteiger partial charge in [-0.25, -0.2) is 13.2 Å². The molecule has 24 nitrogen and oxygen atoms in total. The third kappa shape index (κ3) is 20.4. The highest BCUT2D eigenvalue weighted by Crippen LogP contribution is 2.50. The molecule has 4 fully saturated rings. The van der Waals surface area contributed by atoms with E-state index < -0.39 is 241 Å². The topological polar surface area (TPSA) is 270 Å². The zero-order chi connectivity index (χ0) is 80.6. The Morgan fingerprint density at radius 3 is 1.84 bits per heavy atom. The molecular weight excluding hydrogens is 1430 g/mol. The van der Waals surface area contributed by atoms with Gasteiger partial charge in [-0.05, 0) is 110 Å². The fourth-order valence-electron chi connectivity index (χ4n) is 15.6. The van der Waals surface area contributed by atoms with Gasteiger partial charge in [-0.15, -0.1) is 0 Å². The second-order valence-electron chi connectivity index (χ2n) is 30.7. The van der Waals surface area contributed by atoms with Gasteiger partial charge >= 0.3 is 12.4 Å². The smallest absolute Gasteiger partial charge is 0.347 e. The lowest BCUT2D eigenvalue weighted by Gasteiger charge is -2.54. The van der Waals surface area contributed by atoms with E-state index in [4.69, 9.17) is 0 Å².